The predicted molar refractivity (Wildman–Crippen MR) is 83.7 cm³/mol. The van der Waals surface area contributed by atoms with Crippen LogP contribution >= 0.6 is 27.3 Å². The van der Waals surface area contributed by atoms with Crippen molar-refractivity contribution < 1.29 is 9.90 Å². The Kier molecular flexibility index (Phi) is 5.70. The fourth-order valence-electron chi connectivity index (χ4n) is 1.68. The van der Waals surface area contributed by atoms with Crippen LogP contribution in [0.5, 0.6) is 0 Å². The minimum atomic E-state index is -0.0652. The fourth-order valence-corrected chi connectivity index (χ4v) is 2.89. The highest BCUT2D eigenvalue weighted by Gasteiger charge is 2.08. The number of halogens is 1. The third-order valence-corrected chi connectivity index (χ3v) is 4.06. The van der Waals surface area contributed by atoms with Gasteiger partial charge in [-0.15, -0.1) is 11.3 Å². The van der Waals surface area contributed by atoms with E-state index < -0.39 is 0 Å². The summed E-state index contributed by atoms with van der Waals surface area (Å²) in [5.41, 5.74) is 1.81. The molecule has 4 nitrogen and oxygen atoms in total. The number of aliphatic hydroxyl groups excluding tert-OH is 1. The van der Waals surface area contributed by atoms with Gasteiger partial charge in [0.25, 0.3) is 0 Å². The molecule has 1 aromatic carbocycles. The molecular formula is C14H15BrN2O2S. The Hall–Kier alpha value is -1.24. The van der Waals surface area contributed by atoms with E-state index in [-0.39, 0.29) is 18.9 Å². The lowest BCUT2D eigenvalue weighted by Crippen LogP contribution is -2.26. The van der Waals surface area contributed by atoms with Crippen LogP contribution in [0.4, 0.5) is 0 Å². The summed E-state index contributed by atoms with van der Waals surface area (Å²) in [6.07, 6.45) is 0.849. The Balaban J connectivity index is 1.97. The van der Waals surface area contributed by atoms with Crippen LogP contribution in [0.3, 0.4) is 0 Å². The second kappa shape index (κ2) is 7.52. The second-order valence-electron chi connectivity index (χ2n) is 4.26. The van der Waals surface area contributed by atoms with Crippen molar-refractivity contribution in [2.24, 2.45) is 0 Å². The van der Waals surface area contributed by atoms with E-state index in [9.17, 15) is 4.79 Å². The largest absolute Gasteiger partial charge is 0.396 e. The molecule has 0 bridgehead atoms. The van der Waals surface area contributed by atoms with Crippen LogP contribution < -0.4 is 5.32 Å². The van der Waals surface area contributed by atoms with Gasteiger partial charge in [0.1, 0.15) is 5.01 Å². The van der Waals surface area contributed by atoms with E-state index in [2.05, 4.69) is 26.2 Å². The van der Waals surface area contributed by atoms with E-state index in [1.807, 2.05) is 29.6 Å². The van der Waals surface area contributed by atoms with Gasteiger partial charge in [-0.3, -0.25) is 4.79 Å². The number of carbonyl (C=O) groups excluding carboxylic acids is 1. The maximum Gasteiger partial charge on any atom is 0.226 e. The number of aliphatic hydroxyl groups is 1. The summed E-state index contributed by atoms with van der Waals surface area (Å²) in [4.78, 5) is 16.1. The van der Waals surface area contributed by atoms with Gasteiger partial charge < -0.3 is 10.4 Å². The average Bonchev–Trinajstić information content (AvgIpc) is 2.87. The van der Waals surface area contributed by atoms with Gasteiger partial charge in [0.05, 0.1) is 12.1 Å². The van der Waals surface area contributed by atoms with Crippen molar-refractivity contribution in [2.75, 3.05) is 13.2 Å². The molecule has 0 saturated carbocycles. The number of aromatic nitrogens is 1. The normalized spacial score (nSPS) is 10.5. The lowest BCUT2D eigenvalue weighted by atomic mass is 10.2. The Morgan fingerprint density at radius 2 is 2.30 bits per heavy atom. The van der Waals surface area contributed by atoms with Gasteiger partial charge in [0.2, 0.25) is 5.91 Å². The molecule has 20 heavy (non-hydrogen) atoms. The molecule has 2 rings (SSSR count). The SMILES string of the molecule is O=C(Cc1csc(-c2cccc(Br)c2)n1)NCCCO. The van der Waals surface area contributed by atoms with E-state index in [0.717, 1.165) is 20.7 Å². The summed E-state index contributed by atoms with van der Waals surface area (Å²) < 4.78 is 1.01. The molecular weight excluding hydrogens is 340 g/mol. The first-order valence-corrected chi connectivity index (χ1v) is 7.94. The smallest absolute Gasteiger partial charge is 0.226 e. The molecule has 0 aliphatic carbocycles. The van der Waals surface area contributed by atoms with Crippen molar-refractivity contribution >= 4 is 33.2 Å². The van der Waals surface area contributed by atoms with Gasteiger partial charge in [0.15, 0.2) is 0 Å². The van der Waals surface area contributed by atoms with Crippen molar-refractivity contribution in [2.45, 2.75) is 12.8 Å². The van der Waals surface area contributed by atoms with Crippen molar-refractivity contribution in [3.63, 3.8) is 0 Å². The highest BCUT2D eigenvalue weighted by atomic mass is 79.9. The molecule has 0 saturated heterocycles. The summed E-state index contributed by atoms with van der Waals surface area (Å²) in [6, 6.07) is 7.92. The minimum Gasteiger partial charge on any atom is -0.396 e. The summed E-state index contributed by atoms with van der Waals surface area (Å²) in [5, 5.41) is 14.2. The number of benzene rings is 1. The molecule has 2 aromatic rings. The minimum absolute atomic E-state index is 0.0652. The molecule has 106 valence electrons. The molecule has 6 heteroatoms. The first kappa shape index (κ1) is 15.2. The van der Waals surface area contributed by atoms with Gasteiger partial charge in [-0.1, -0.05) is 28.1 Å². The lowest BCUT2D eigenvalue weighted by molar-refractivity contribution is -0.120. The van der Waals surface area contributed by atoms with Crippen LogP contribution in [0.1, 0.15) is 12.1 Å². The zero-order valence-corrected chi connectivity index (χ0v) is 13.2. The van der Waals surface area contributed by atoms with Crippen molar-refractivity contribution in [3.8, 4) is 10.6 Å². The first-order chi connectivity index (χ1) is 9.69. The number of nitrogens with one attached hydrogen (secondary N) is 1. The Morgan fingerprint density at radius 3 is 3.05 bits per heavy atom. The quantitative estimate of drug-likeness (QED) is 0.783. The molecule has 2 N–H and O–H groups in total. The zero-order chi connectivity index (χ0) is 14.4. The van der Waals surface area contributed by atoms with Crippen LogP contribution in [0.25, 0.3) is 10.6 Å². The summed E-state index contributed by atoms with van der Waals surface area (Å²) >= 11 is 4.96. The number of nitrogens with zero attached hydrogens (tertiary/aromatic N) is 1. The molecule has 1 amide bonds. The monoisotopic (exact) mass is 354 g/mol. The molecule has 0 radical (unpaired) electrons. The number of hydrogen-bond acceptors (Lipinski definition) is 4. The number of carbonyl (C=O) groups is 1. The zero-order valence-electron chi connectivity index (χ0n) is 10.8. The Labute approximate surface area is 130 Å². The van der Waals surface area contributed by atoms with E-state index >= 15 is 0 Å². The van der Waals surface area contributed by atoms with E-state index in [4.69, 9.17) is 5.11 Å². The number of thiazole rings is 1. The van der Waals surface area contributed by atoms with Crippen LogP contribution in [0.2, 0.25) is 0 Å². The van der Waals surface area contributed by atoms with Gasteiger partial charge in [-0.25, -0.2) is 4.98 Å². The Bertz CT molecular complexity index is 586. The Morgan fingerprint density at radius 1 is 1.45 bits per heavy atom. The van der Waals surface area contributed by atoms with Crippen LogP contribution in [0, 0.1) is 0 Å². The maximum absolute atomic E-state index is 11.7. The van der Waals surface area contributed by atoms with Gasteiger partial charge in [-0.2, -0.15) is 0 Å². The first-order valence-electron chi connectivity index (χ1n) is 6.27. The number of rotatable bonds is 6. The average molecular weight is 355 g/mol. The van der Waals surface area contributed by atoms with Gasteiger partial charge in [0, 0.05) is 28.6 Å². The number of amides is 1. The molecule has 0 fully saturated rings. The summed E-state index contributed by atoms with van der Waals surface area (Å²) in [5.74, 6) is -0.0652. The molecule has 1 heterocycles. The van der Waals surface area contributed by atoms with Crippen molar-refractivity contribution in [3.05, 3.63) is 39.8 Å². The molecule has 0 aliphatic rings. The second-order valence-corrected chi connectivity index (χ2v) is 6.03. The highest BCUT2D eigenvalue weighted by molar-refractivity contribution is 9.10. The molecule has 0 atom stereocenters. The summed E-state index contributed by atoms with van der Waals surface area (Å²) in [6.45, 7) is 0.585. The maximum atomic E-state index is 11.7. The third kappa shape index (κ3) is 4.40. The predicted octanol–water partition coefficient (Wildman–Crippen LogP) is 2.61. The number of hydrogen-bond donors (Lipinski definition) is 2. The standard InChI is InChI=1S/C14H15BrN2O2S/c15-11-4-1-3-10(7-11)14-17-12(9-20-14)8-13(19)16-5-2-6-18/h1,3-4,7,9,18H,2,5-6,8H2,(H,16,19). The van der Waals surface area contributed by atoms with Crippen LogP contribution in [0.15, 0.2) is 34.1 Å². The third-order valence-electron chi connectivity index (χ3n) is 2.62. The van der Waals surface area contributed by atoms with E-state index in [1.165, 1.54) is 11.3 Å². The summed E-state index contributed by atoms with van der Waals surface area (Å²) in [7, 11) is 0. The molecule has 0 spiro atoms. The highest BCUT2D eigenvalue weighted by Crippen LogP contribution is 2.26. The van der Waals surface area contributed by atoms with Gasteiger partial charge >= 0.3 is 0 Å². The topological polar surface area (TPSA) is 62.2 Å². The van der Waals surface area contributed by atoms with Gasteiger partial charge in [-0.05, 0) is 18.6 Å². The van der Waals surface area contributed by atoms with Crippen LogP contribution in [-0.4, -0.2) is 29.1 Å². The molecule has 0 aliphatic heterocycles. The van der Waals surface area contributed by atoms with E-state index in [1.54, 1.807) is 0 Å². The fraction of sp³-hybridized carbons (Fsp3) is 0.286. The van der Waals surface area contributed by atoms with Crippen LogP contribution in [-0.2, 0) is 11.2 Å². The van der Waals surface area contributed by atoms with Crippen molar-refractivity contribution in [1.29, 1.82) is 0 Å². The van der Waals surface area contributed by atoms with E-state index in [0.29, 0.717) is 13.0 Å². The molecule has 0 unspecified atom stereocenters. The molecule has 1 aromatic heterocycles. The van der Waals surface area contributed by atoms with Crippen molar-refractivity contribution in [1.82, 2.24) is 10.3 Å². The lowest BCUT2D eigenvalue weighted by Gasteiger charge is -2.01.